The number of pyridine rings is 1. The molecule has 0 aromatic carbocycles. The maximum atomic E-state index is 5.91. The summed E-state index contributed by atoms with van der Waals surface area (Å²) in [6.45, 7) is 0.752. The molecular formula is C14H21N5. The van der Waals surface area contributed by atoms with Crippen LogP contribution in [-0.2, 0) is 0 Å². The van der Waals surface area contributed by atoms with Gasteiger partial charge in [-0.1, -0.05) is 18.9 Å². The quantitative estimate of drug-likeness (QED) is 0.911. The molecule has 3 rings (SSSR count). The van der Waals surface area contributed by atoms with E-state index in [-0.39, 0.29) is 0 Å². The van der Waals surface area contributed by atoms with Crippen LogP contribution in [0.25, 0.3) is 5.65 Å². The van der Waals surface area contributed by atoms with Crippen molar-refractivity contribution in [3.8, 4) is 0 Å². The zero-order valence-corrected chi connectivity index (χ0v) is 11.4. The predicted molar refractivity (Wildman–Crippen MR) is 76.2 cm³/mol. The van der Waals surface area contributed by atoms with E-state index in [4.69, 9.17) is 5.73 Å². The molecule has 102 valence electrons. The minimum absolute atomic E-state index is 0.469. The standard InChI is InChI=1S/C14H21N5/c1-18(12-7-3-2-6-11(12)10-15)14-16-13-8-4-5-9-19(13)17-14/h4-5,8-9,11-12H,2-3,6-7,10,15H2,1H3. The summed E-state index contributed by atoms with van der Waals surface area (Å²) in [6.07, 6.45) is 6.91. The summed E-state index contributed by atoms with van der Waals surface area (Å²) in [6, 6.07) is 6.40. The molecule has 1 aliphatic carbocycles. The molecule has 2 aromatic rings. The van der Waals surface area contributed by atoms with Crippen LogP contribution in [0.4, 0.5) is 5.95 Å². The van der Waals surface area contributed by atoms with Gasteiger partial charge < -0.3 is 10.6 Å². The van der Waals surface area contributed by atoms with Crippen molar-refractivity contribution in [2.75, 3.05) is 18.5 Å². The lowest BCUT2D eigenvalue weighted by molar-refractivity contribution is 0.304. The second kappa shape index (κ2) is 5.17. The number of fused-ring (bicyclic) bond motifs is 1. The fourth-order valence-electron chi connectivity index (χ4n) is 3.09. The Balaban J connectivity index is 1.87. The molecule has 1 aliphatic rings. The number of aromatic nitrogens is 3. The highest BCUT2D eigenvalue weighted by Gasteiger charge is 2.29. The Labute approximate surface area is 113 Å². The van der Waals surface area contributed by atoms with Gasteiger partial charge >= 0.3 is 0 Å². The summed E-state index contributed by atoms with van der Waals surface area (Å²) in [5, 5.41) is 4.55. The van der Waals surface area contributed by atoms with Crippen molar-refractivity contribution in [3.05, 3.63) is 24.4 Å². The first-order chi connectivity index (χ1) is 9.29. The normalized spacial score (nSPS) is 23.7. The molecule has 2 aromatic heterocycles. The number of hydrogen-bond donors (Lipinski definition) is 1. The van der Waals surface area contributed by atoms with E-state index in [9.17, 15) is 0 Å². The Morgan fingerprint density at radius 2 is 2.21 bits per heavy atom. The largest absolute Gasteiger partial charge is 0.339 e. The van der Waals surface area contributed by atoms with Gasteiger partial charge in [-0.25, -0.2) is 4.52 Å². The van der Waals surface area contributed by atoms with Gasteiger partial charge in [-0.2, -0.15) is 4.98 Å². The lowest BCUT2D eigenvalue weighted by Crippen LogP contribution is -2.43. The highest BCUT2D eigenvalue weighted by Crippen LogP contribution is 2.29. The van der Waals surface area contributed by atoms with Gasteiger partial charge in [0.2, 0.25) is 5.95 Å². The van der Waals surface area contributed by atoms with Crippen LogP contribution in [0, 0.1) is 5.92 Å². The molecule has 2 heterocycles. The average Bonchev–Trinajstić information content (AvgIpc) is 2.90. The summed E-state index contributed by atoms with van der Waals surface area (Å²) in [7, 11) is 2.09. The third-order valence-electron chi connectivity index (χ3n) is 4.21. The molecule has 0 amide bonds. The van der Waals surface area contributed by atoms with E-state index < -0.39 is 0 Å². The van der Waals surface area contributed by atoms with Crippen LogP contribution in [0.15, 0.2) is 24.4 Å². The van der Waals surface area contributed by atoms with Crippen LogP contribution in [0.3, 0.4) is 0 Å². The zero-order chi connectivity index (χ0) is 13.2. The highest BCUT2D eigenvalue weighted by atomic mass is 15.4. The second-order valence-electron chi connectivity index (χ2n) is 5.37. The first-order valence-electron chi connectivity index (χ1n) is 7.04. The lowest BCUT2D eigenvalue weighted by atomic mass is 9.84. The van der Waals surface area contributed by atoms with Crippen molar-refractivity contribution in [3.63, 3.8) is 0 Å². The van der Waals surface area contributed by atoms with Crippen molar-refractivity contribution < 1.29 is 0 Å². The molecule has 1 fully saturated rings. The molecule has 0 spiro atoms. The number of hydrogen-bond acceptors (Lipinski definition) is 4. The summed E-state index contributed by atoms with van der Waals surface area (Å²) in [5.41, 5.74) is 6.80. The van der Waals surface area contributed by atoms with Gasteiger partial charge in [-0.3, -0.25) is 0 Å². The van der Waals surface area contributed by atoms with E-state index in [2.05, 4.69) is 22.0 Å². The zero-order valence-electron chi connectivity index (χ0n) is 11.4. The fourth-order valence-corrected chi connectivity index (χ4v) is 3.09. The summed E-state index contributed by atoms with van der Waals surface area (Å²) < 4.78 is 1.83. The molecule has 1 saturated carbocycles. The van der Waals surface area contributed by atoms with Crippen molar-refractivity contribution in [1.82, 2.24) is 14.6 Å². The number of nitrogens with two attached hydrogens (primary N) is 1. The molecule has 2 unspecified atom stereocenters. The van der Waals surface area contributed by atoms with E-state index in [1.54, 1.807) is 0 Å². The second-order valence-corrected chi connectivity index (χ2v) is 5.37. The van der Waals surface area contributed by atoms with Crippen molar-refractivity contribution in [2.45, 2.75) is 31.7 Å². The SMILES string of the molecule is CN(c1nc2ccccn2n1)C1CCCCC1CN. The third-order valence-corrected chi connectivity index (χ3v) is 4.21. The van der Waals surface area contributed by atoms with E-state index >= 15 is 0 Å². The van der Waals surface area contributed by atoms with E-state index in [0.29, 0.717) is 12.0 Å². The molecule has 0 radical (unpaired) electrons. The van der Waals surface area contributed by atoms with Crippen LogP contribution >= 0.6 is 0 Å². The molecule has 5 nitrogen and oxygen atoms in total. The van der Waals surface area contributed by atoms with Crippen molar-refractivity contribution >= 4 is 11.6 Å². The van der Waals surface area contributed by atoms with Crippen LogP contribution in [0.5, 0.6) is 0 Å². The maximum absolute atomic E-state index is 5.91. The molecule has 5 heteroatoms. The molecule has 0 bridgehead atoms. The molecule has 19 heavy (non-hydrogen) atoms. The Kier molecular flexibility index (Phi) is 3.38. The summed E-state index contributed by atoms with van der Waals surface area (Å²) in [5.74, 6) is 1.36. The molecule has 0 aliphatic heterocycles. The van der Waals surface area contributed by atoms with Crippen LogP contribution in [0.1, 0.15) is 25.7 Å². The maximum Gasteiger partial charge on any atom is 0.245 e. The average molecular weight is 259 g/mol. The molecule has 2 atom stereocenters. The minimum Gasteiger partial charge on any atom is -0.339 e. The molecule has 2 N–H and O–H groups in total. The first-order valence-corrected chi connectivity index (χ1v) is 7.04. The van der Waals surface area contributed by atoms with Crippen molar-refractivity contribution in [1.29, 1.82) is 0 Å². The minimum atomic E-state index is 0.469. The monoisotopic (exact) mass is 259 g/mol. The fraction of sp³-hybridized carbons (Fsp3) is 0.571. The van der Waals surface area contributed by atoms with Gasteiger partial charge in [0.15, 0.2) is 5.65 Å². The van der Waals surface area contributed by atoms with Gasteiger partial charge in [0.25, 0.3) is 0 Å². The van der Waals surface area contributed by atoms with E-state index in [1.165, 1.54) is 25.7 Å². The highest BCUT2D eigenvalue weighted by molar-refractivity contribution is 5.44. The van der Waals surface area contributed by atoms with Crippen LogP contribution < -0.4 is 10.6 Å². The third kappa shape index (κ3) is 2.30. The molecular weight excluding hydrogens is 238 g/mol. The van der Waals surface area contributed by atoms with E-state index in [1.807, 2.05) is 28.9 Å². The Hall–Kier alpha value is -1.62. The number of anilines is 1. The Bertz CT molecular complexity index is 517. The van der Waals surface area contributed by atoms with Crippen LogP contribution in [0.2, 0.25) is 0 Å². The Morgan fingerprint density at radius 3 is 3.00 bits per heavy atom. The van der Waals surface area contributed by atoms with Gasteiger partial charge in [-0.05, 0) is 37.4 Å². The van der Waals surface area contributed by atoms with Gasteiger partial charge in [0.05, 0.1) is 0 Å². The summed E-state index contributed by atoms with van der Waals surface area (Å²) >= 11 is 0. The molecule has 0 saturated heterocycles. The lowest BCUT2D eigenvalue weighted by Gasteiger charge is -2.36. The van der Waals surface area contributed by atoms with Gasteiger partial charge in [-0.15, -0.1) is 5.10 Å². The predicted octanol–water partition coefficient (Wildman–Crippen LogP) is 1.68. The van der Waals surface area contributed by atoms with Crippen LogP contribution in [-0.4, -0.2) is 34.2 Å². The first kappa shape index (κ1) is 12.4. The summed E-state index contributed by atoms with van der Waals surface area (Å²) in [4.78, 5) is 6.81. The van der Waals surface area contributed by atoms with E-state index in [0.717, 1.165) is 18.1 Å². The Morgan fingerprint density at radius 1 is 1.37 bits per heavy atom. The smallest absolute Gasteiger partial charge is 0.245 e. The van der Waals surface area contributed by atoms with Gasteiger partial charge in [0.1, 0.15) is 0 Å². The topological polar surface area (TPSA) is 59.5 Å². The number of rotatable bonds is 3. The van der Waals surface area contributed by atoms with Gasteiger partial charge in [0, 0.05) is 19.3 Å². The van der Waals surface area contributed by atoms with Crippen molar-refractivity contribution in [2.24, 2.45) is 11.7 Å². The number of nitrogens with zero attached hydrogens (tertiary/aromatic N) is 4.